The summed E-state index contributed by atoms with van der Waals surface area (Å²) in [4.78, 5) is 8.73. The Morgan fingerprint density at radius 1 is 1.16 bits per heavy atom. The van der Waals surface area contributed by atoms with Crippen LogP contribution < -0.4 is 5.32 Å². The third kappa shape index (κ3) is 2.98. The summed E-state index contributed by atoms with van der Waals surface area (Å²) in [7, 11) is 0. The highest BCUT2D eigenvalue weighted by Gasteiger charge is 2.17. The monoisotopic (exact) mass is 259 g/mol. The quantitative estimate of drug-likeness (QED) is 0.885. The lowest BCUT2D eigenvalue weighted by Crippen LogP contribution is -2.25. The Bertz CT molecular complexity index is 524. The number of hydrogen-bond acceptors (Lipinski definition) is 4. The van der Waals surface area contributed by atoms with E-state index in [2.05, 4.69) is 59.2 Å². The number of aromatic nitrogens is 4. The molecule has 0 aliphatic rings. The van der Waals surface area contributed by atoms with Gasteiger partial charge in [0.15, 0.2) is 0 Å². The normalized spacial score (nSPS) is 14.4. The largest absolute Gasteiger partial charge is 0.301 e. The average Bonchev–Trinajstić information content (AvgIpc) is 2.80. The molecule has 0 saturated carbocycles. The van der Waals surface area contributed by atoms with Crippen molar-refractivity contribution in [1.29, 1.82) is 0 Å². The van der Waals surface area contributed by atoms with Gasteiger partial charge in [-0.25, -0.2) is 4.98 Å². The van der Waals surface area contributed by atoms with Gasteiger partial charge in [-0.2, -0.15) is 5.10 Å². The molecular weight excluding hydrogens is 238 g/mol. The van der Waals surface area contributed by atoms with Crippen LogP contribution in [-0.2, 0) is 0 Å². The fourth-order valence-corrected chi connectivity index (χ4v) is 2.65. The lowest BCUT2D eigenvalue weighted by atomic mass is 10.00. The number of rotatable bonds is 4. The molecule has 2 rings (SSSR count). The van der Waals surface area contributed by atoms with Gasteiger partial charge in [-0.3, -0.25) is 10.1 Å². The van der Waals surface area contributed by atoms with E-state index in [-0.39, 0.29) is 12.1 Å². The molecule has 5 heteroatoms. The Morgan fingerprint density at radius 2 is 1.89 bits per heavy atom. The van der Waals surface area contributed by atoms with Crippen LogP contribution in [0.5, 0.6) is 0 Å². The summed E-state index contributed by atoms with van der Waals surface area (Å²) < 4.78 is 0. The van der Waals surface area contributed by atoms with Gasteiger partial charge in [0.2, 0.25) is 0 Å². The fraction of sp³-hybridized carbons (Fsp3) is 0.500. The van der Waals surface area contributed by atoms with Gasteiger partial charge in [-0.1, -0.05) is 0 Å². The summed E-state index contributed by atoms with van der Waals surface area (Å²) in [6.07, 6.45) is 1.53. The zero-order chi connectivity index (χ0) is 14.0. The number of H-pyrrole nitrogens is 1. The molecule has 2 heterocycles. The smallest absolute Gasteiger partial charge is 0.141 e. The minimum Gasteiger partial charge on any atom is -0.301 e. The summed E-state index contributed by atoms with van der Waals surface area (Å²) >= 11 is 0. The molecule has 0 radical (unpaired) electrons. The van der Waals surface area contributed by atoms with E-state index < -0.39 is 0 Å². The highest BCUT2D eigenvalue weighted by Crippen LogP contribution is 2.23. The van der Waals surface area contributed by atoms with E-state index in [9.17, 15) is 0 Å². The van der Waals surface area contributed by atoms with Gasteiger partial charge < -0.3 is 5.32 Å². The minimum absolute atomic E-state index is 0.123. The third-order valence-corrected chi connectivity index (χ3v) is 3.36. The second kappa shape index (κ2) is 5.48. The molecule has 5 nitrogen and oxygen atoms in total. The predicted octanol–water partition coefficient (Wildman–Crippen LogP) is 2.54. The van der Waals surface area contributed by atoms with Crippen molar-refractivity contribution < 1.29 is 0 Å². The molecule has 2 N–H and O–H groups in total. The standard InChI is InChI=1S/C14H21N5/c1-8-6-9(2)17-10(3)13(8)11(4)18-12(5)14-15-7-16-19-14/h6-7,11-12,18H,1-5H3,(H,15,16,19). The molecule has 0 aromatic carbocycles. The average molecular weight is 259 g/mol. The van der Waals surface area contributed by atoms with Gasteiger partial charge >= 0.3 is 0 Å². The van der Waals surface area contributed by atoms with Crippen molar-refractivity contribution in [1.82, 2.24) is 25.5 Å². The maximum Gasteiger partial charge on any atom is 0.141 e. The maximum absolute atomic E-state index is 4.55. The summed E-state index contributed by atoms with van der Waals surface area (Å²) in [5.74, 6) is 0.849. The molecule has 19 heavy (non-hydrogen) atoms. The molecule has 0 aliphatic carbocycles. The van der Waals surface area contributed by atoms with Crippen LogP contribution in [0.1, 0.15) is 54.3 Å². The molecular formula is C14H21N5. The first-order valence-electron chi connectivity index (χ1n) is 6.55. The minimum atomic E-state index is 0.123. The van der Waals surface area contributed by atoms with Crippen molar-refractivity contribution in [3.63, 3.8) is 0 Å². The summed E-state index contributed by atoms with van der Waals surface area (Å²) in [5.41, 5.74) is 4.68. The van der Waals surface area contributed by atoms with E-state index in [0.29, 0.717) is 0 Å². The van der Waals surface area contributed by atoms with Crippen LogP contribution in [0, 0.1) is 20.8 Å². The molecule has 0 saturated heterocycles. The van der Waals surface area contributed by atoms with Crippen molar-refractivity contribution in [2.24, 2.45) is 0 Å². The van der Waals surface area contributed by atoms with E-state index in [0.717, 1.165) is 17.2 Å². The first kappa shape index (κ1) is 13.7. The highest BCUT2D eigenvalue weighted by atomic mass is 15.2. The van der Waals surface area contributed by atoms with E-state index in [1.165, 1.54) is 17.5 Å². The zero-order valence-corrected chi connectivity index (χ0v) is 12.2. The number of hydrogen-bond donors (Lipinski definition) is 2. The Kier molecular flexibility index (Phi) is 3.95. The Morgan fingerprint density at radius 3 is 2.47 bits per heavy atom. The van der Waals surface area contributed by atoms with Gasteiger partial charge in [-0.05, 0) is 51.8 Å². The predicted molar refractivity (Wildman–Crippen MR) is 74.8 cm³/mol. The maximum atomic E-state index is 4.55. The van der Waals surface area contributed by atoms with Crippen LogP contribution in [0.15, 0.2) is 12.4 Å². The van der Waals surface area contributed by atoms with Gasteiger partial charge in [0.1, 0.15) is 12.2 Å². The summed E-state index contributed by atoms with van der Waals surface area (Å²) in [6.45, 7) is 10.4. The number of nitrogens with zero attached hydrogens (tertiary/aromatic N) is 3. The Hall–Kier alpha value is -1.75. The topological polar surface area (TPSA) is 66.5 Å². The number of aryl methyl sites for hydroxylation is 3. The van der Waals surface area contributed by atoms with Crippen molar-refractivity contribution >= 4 is 0 Å². The third-order valence-electron chi connectivity index (χ3n) is 3.36. The molecule has 0 bridgehead atoms. The molecule has 0 spiro atoms. The molecule has 2 aromatic rings. The highest BCUT2D eigenvalue weighted by molar-refractivity contribution is 5.33. The van der Waals surface area contributed by atoms with Crippen molar-refractivity contribution in [2.75, 3.05) is 0 Å². The fourth-order valence-electron chi connectivity index (χ4n) is 2.65. The van der Waals surface area contributed by atoms with E-state index in [1.54, 1.807) is 0 Å². The van der Waals surface area contributed by atoms with Gasteiger partial charge in [0.05, 0.1) is 6.04 Å². The summed E-state index contributed by atoms with van der Waals surface area (Å²) in [5, 5.41) is 10.3. The lowest BCUT2D eigenvalue weighted by molar-refractivity contribution is 0.473. The van der Waals surface area contributed by atoms with Gasteiger partial charge in [0.25, 0.3) is 0 Å². The van der Waals surface area contributed by atoms with Gasteiger partial charge in [0, 0.05) is 17.4 Å². The zero-order valence-electron chi connectivity index (χ0n) is 12.2. The molecule has 2 unspecified atom stereocenters. The number of nitrogens with one attached hydrogen (secondary N) is 2. The molecule has 0 aliphatic heterocycles. The van der Waals surface area contributed by atoms with Crippen LogP contribution >= 0.6 is 0 Å². The Balaban J connectivity index is 2.18. The molecule has 2 aromatic heterocycles. The second-order valence-corrected chi connectivity index (χ2v) is 5.06. The Labute approximate surface area is 113 Å². The summed E-state index contributed by atoms with van der Waals surface area (Å²) in [6, 6.07) is 2.46. The van der Waals surface area contributed by atoms with Crippen molar-refractivity contribution in [2.45, 2.75) is 46.7 Å². The van der Waals surface area contributed by atoms with E-state index >= 15 is 0 Å². The van der Waals surface area contributed by atoms with Crippen molar-refractivity contribution in [3.8, 4) is 0 Å². The number of aromatic amines is 1. The van der Waals surface area contributed by atoms with E-state index in [1.807, 2.05) is 6.92 Å². The van der Waals surface area contributed by atoms with Crippen molar-refractivity contribution in [3.05, 3.63) is 40.7 Å². The number of pyridine rings is 1. The van der Waals surface area contributed by atoms with E-state index in [4.69, 9.17) is 0 Å². The first-order chi connectivity index (χ1) is 8.99. The SMILES string of the molecule is Cc1cc(C)c(C(C)NC(C)c2ncn[nH]2)c(C)n1. The lowest BCUT2D eigenvalue weighted by Gasteiger charge is -2.22. The molecule has 0 amide bonds. The van der Waals surface area contributed by atoms with Crippen LogP contribution in [0.25, 0.3) is 0 Å². The second-order valence-electron chi connectivity index (χ2n) is 5.06. The molecule has 102 valence electrons. The van der Waals surface area contributed by atoms with Gasteiger partial charge in [-0.15, -0.1) is 0 Å². The molecule has 0 fully saturated rings. The van der Waals surface area contributed by atoms with Crippen LogP contribution in [-0.4, -0.2) is 20.2 Å². The van der Waals surface area contributed by atoms with Crippen LogP contribution in [0.3, 0.4) is 0 Å². The van der Waals surface area contributed by atoms with Crippen LogP contribution in [0.4, 0.5) is 0 Å². The first-order valence-corrected chi connectivity index (χ1v) is 6.55. The van der Waals surface area contributed by atoms with Crippen LogP contribution in [0.2, 0.25) is 0 Å². The molecule has 2 atom stereocenters.